The van der Waals surface area contributed by atoms with Crippen molar-refractivity contribution in [2.45, 2.75) is 26.8 Å². The van der Waals surface area contributed by atoms with Crippen molar-refractivity contribution in [2.24, 2.45) is 7.05 Å². The van der Waals surface area contributed by atoms with Gasteiger partial charge in [0.25, 0.3) is 0 Å². The number of hydrogen-bond acceptors (Lipinski definition) is 2. The van der Waals surface area contributed by atoms with Gasteiger partial charge in [-0.25, -0.2) is 0 Å². The molecular formula is C15H19N3O. The molecule has 4 nitrogen and oxygen atoms in total. The van der Waals surface area contributed by atoms with Gasteiger partial charge >= 0.3 is 0 Å². The van der Waals surface area contributed by atoms with E-state index in [0.717, 1.165) is 17.0 Å². The van der Waals surface area contributed by atoms with Gasteiger partial charge in [0.05, 0.1) is 18.7 Å². The Balaban J connectivity index is 1.93. The van der Waals surface area contributed by atoms with Crippen LogP contribution in [0.15, 0.2) is 30.5 Å². The van der Waals surface area contributed by atoms with Gasteiger partial charge in [-0.2, -0.15) is 0 Å². The van der Waals surface area contributed by atoms with Crippen LogP contribution in [0.2, 0.25) is 0 Å². The number of carbonyl (C=O) groups excluding carboxylic acids is 1. The van der Waals surface area contributed by atoms with Crippen molar-refractivity contribution in [3.8, 4) is 0 Å². The summed E-state index contributed by atoms with van der Waals surface area (Å²) in [4.78, 5) is 16.1. The van der Waals surface area contributed by atoms with E-state index in [-0.39, 0.29) is 5.91 Å². The third-order valence-electron chi connectivity index (χ3n) is 3.42. The van der Waals surface area contributed by atoms with Gasteiger partial charge in [-0.05, 0) is 37.6 Å². The summed E-state index contributed by atoms with van der Waals surface area (Å²) in [5.74, 6) is 0.0272. The highest BCUT2D eigenvalue weighted by atomic mass is 16.1. The van der Waals surface area contributed by atoms with Crippen LogP contribution in [0.5, 0.6) is 0 Å². The molecule has 0 saturated heterocycles. The molecule has 0 radical (unpaired) electrons. The molecule has 0 unspecified atom stereocenters. The van der Waals surface area contributed by atoms with Crippen LogP contribution in [0.3, 0.4) is 0 Å². The second-order valence-corrected chi connectivity index (χ2v) is 4.73. The zero-order chi connectivity index (χ0) is 13.8. The van der Waals surface area contributed by atoms with E-state index in [1.807, 2.05) is 39.1 Å². The lowest BCUT2D eigenvalue weighted by molar-refractivity contribution is -0.120. The Morgan fingerprint density at radius 2 is 2.16 bits per heavy atom. The molecule has 0 atom stereocenters. The zero-order valence-electron chi connectivity index (χ0n) is 11.6. The maximum atomic E-state index is 11.9. The molecule has 0 saturated carbocycles. The smallest absolute Gasteiger partial charge is 0.224 e. The van der Waals surface area contributed by atoms with Crippen molar-refractivity contribution in [3.63, 3.8) is 0 Å². The fourth-order valence-electron chi connectivity index (χ4n) is 2.04. The summed E-state index contributed by atoms with van der Waals surface area (Å²) < 4.78 is 2.10. The zero-order valence-corrected chi connectivity index (χ0v) is 11.6. The minimum absolute atomic E-state index is 0.0272. The van der Waals surface area contributed by atoms with E-state index in [1.165, 1.54) is 5.69 Å². The lowest BCUT2D eigenvalue weighted by Gasteiger charge is -2.05. The van der Waals surface area contributed by atoms with E-state index in [2.05, 4.69) is 20.9 Å². The Bertz CT molecular complexity index is 573. The summed E-state index contributed by atoms with van der Waals surface area (Å²) in [5, 5.41) is 2.89. The van der Waals surface area contributed by atoms with Crippen molar-refractivity contribution in [3.05, 3.63) is 53.1 Å². The second kappa shape index (κ2) is 5.69. The van der Waals surface area contributed by atoms with Crippen LogP contribution in [-0.2, 0) is 24.8 Å². The number of rotatable bonds is 4. The number of carbonyl (C=O) groups is 1. The Morgan fingerprint density at radius 1 is 1.37 bits per heavy atom. The van der Waals surface area contributed by atoms with E-state index in [4.69, 9.17) is 0 Å². The molecule has 100 valence electrons. The second-order valence-electron chi connectivity index (χ2n) is 4.73. The molecule has 2 aromatic heterocycles. The predicted octanol–water partition coefficient (Wildman–Crippen LogP) is 1.90. The van der Waals surface area contributed by atoms with Crippen LogP contribution < -0.4 is 5.32 Å². The van der Waals surface area contributed by atoms with E-state index in [0.29, 0.717) is 13.0 Å². The molecule has 0 fully saturated rings. The number of nitrogens with one attached hydrogen (secondary N) is 1. The first-order valence-electron chi connectivity index (χ1n) is 6.36. The standard InChI is InChI=1S/C15H19N3O/c1-11-8-13(12(2)18(11)3)9-15(19)17-10-14-6-4-5-7-16-14/h4-8H,9-10H2,1-3H3,(H,17,19). The summed E-state index contributed by atoms with van der Waals surface area (Å²) in [6.45, 7) is 4.56. The number of nitrogens with zero attached hydrogens (tertiary/aromatic N) is 2. The van der Waals surface area contributed by atoms with Crippen LogP contribution in [0.25, 0.3) is 0 Å². The fraction of sp³-hybridized carbons (Fsp3) is 0.333. The SMILES string of the molecule is Cc1cc(CC(=O)NCc2ccccn2)c(C)n1C. The molecule has 4 heteroatoms. The summed E-state index contributed by atoms with van der Waals surface area (Å²) >= 11 is 0. The molecule has 0 aliphatic heterocycles. The third-order valence-corrected chi connectivity index (χ3v) is 3.42. The average Bonchev–Trinajstić information content (AvgIpc) is 2.65. The number of amides is 1. The van der Waals surface area contributed by atoms with Gasteiger partial charge < -0.3 is 9.88 Å². The van der Waals surface area contributed by atoms with Gasteiger partial charge in [-0.1, -0.05) is 6.07 Å². The highest BCUT2D eigenvalue weighted by molar-refractivity contribution is 5.78. The van der Waals surface area contributed by atoms with Gasteiger partial charge in [-0.15, -0.1) is 0 Å². The van der Waals surface area contributed by atoms with Crippen molar-refractivity contribution in [1.29, 1.82) is 0 Å². The lowest BCUT2D eigenvalue weighted by Crippen LogP contribution is -2.25. The number of aryl methyl sites for hydroxylation is 1. The molecule has 0 aromatic carbocycles. The average molecular weight is 257 g/mol. The minimum atomic E-state index is 0.0272. The first-order chi connectivity index (χ1) is 9.08. The van der Waals surface area contributed by atoms with Gasteiger partial charge in [-0.3, -0.25) is 9.78 Å². The largest absolute Gasteiger partial charge is 0.352 e. The van der Waals surface area contributed by atoms with Gasteiger partial charge in [0.2, 0.25) is 5.91 Å². The molecule has 1 amide bonds. The summed E-state index contributed by atoms with van der Waals surface area (Å²) in [5.41, 5.74) is 4.27. The number of pyridine rings is 1. The highest BCUT2D eigenvalue weighted by Gasteiger charge is 2.10. The highest BCUT2D eigenvalue weighted by Crippen LogP contribution is 2.13. The van der Waals surface area contributed by atoms with Gasteiger partial charge in [0, 0.05) is 24.6 Å². The van der Waals surface area contributed by atoms with Crippen LogP contribution in [0.1, 0.15) is 22.6 Å². The fourth-order valence-corrected chi connectivity index (χ4v) is 2.04. The van der Waals surface area contributed by atoms with Crippen molar-refractivity contribution in [1.82, 2.24) is 14.9 Å². The minimum Gasteiger partial charge on any atom is -0.352 e. The topological polar surface area (TPSA) is 46.9 Å². The van der Waals surface area contributed by atoms with Crippen molar-refractivity contribution >= 4 is 5.91 Å². The lowest BCUT2D eigenvalue weighted by atomic mass is 10.1. The quantitative estimate of drug-likeness (QED) is 0.909. The van der Waals surface area contributed by atoms with E-state index in [1.54, 1.807) is 6.20 Å². The molecule has 0 aliphatic carbocycles. The maximum absolute atomic E-state index is 11.9. The molecule has 0 aliphatic rings. The maximum Gasteiger partial charge on any atom is 0.224 e. The number of hydrogen-bond donors (Lipinski definition) is 1. The Kier molecular flexibility index (Phi) is 4.00. The molecule has 19 heavy (non-hydrogen) atoms. The molecule has 2 aromatic rings. The van der Waals surface area contributed by atoms with Crippen molar-refractivity contribution in [2.75, 3.05) is 0 Å². The van der Waals surface area contributed by atoms with Crippen LogP contribution >= 0.6 is 0 Å². The molecule has 2 rings (SSSR count). The summed E-state index contributed by atoms with van der Waals surface area (Å²) in [6, 6.07) is 7.74. The summed E-state index contributed by atoms with van der Waals surface area (Å²) in [7, 11) is 2.01. The normalized spacial score (nSPS) is 10.5. The monoisotopic (exact) mass is 257 g/mol. The first kappa shape index (κ1) is 13.3. The van der Waals surface area contributed by atoms with E-state index >= 15 is 0 Å². The van der Waals surface area contributed by atoms with E-state index < -0.39 is 0 Å². The van der Waals surface area contributed by atoms with Gasteiger partial charge in [0.1, 0.15) is 0 Å². The van der Waals surface area contributed by atoms with Crippen LogP contribution in [-0.4, -0.2) is 15.5 Å². The third kappa shape index (κ3) is 3.22. The molecular weight excluding hydrogens is 238 g/mol. The predicted molar refractivity (Wildman–Crippen MR) is 74.7 cm³/mol. The summed E-state index contributed by atoms with van der Waals surface area (Å²) in [6.07, 6.45) is 2.15. The molecule has 2 heterocycles. The Labute approximate surface area is 113 Å². The van der Waals surface area contributed by atoms with Crippen molar-refractivity contribution < 1.29 is 4.79 Å². The van der Waals surface area contributed by atoms with Crippen LogP contribution in [0.4, 0.5) is 0 Å². The Morgan fingerprint density at radius 3 is 2.74 bits per heavy atom. The van der Waals surface area contributed by atoms with Gasteiger partial charge in [0.15, 0.2) is 0 Å². The first-order valence-corrected chi connectivity index (χ1v) is 6.36. The Hall–Kier alpha value is -2.10. The van der Waals surface area contributed by atoms with E-state index in [9.17, 15) is 4.79 Å². The molecule has 0 spiro atoms. The number of aromatic nitrogens is 2. The molecule has 1 N–H and O–H groups in total. The van der Waals surface area contributed by atoms with Crippen LogP contribution in [0, 0.1) is 13.8 Å². The molecule has 0 bridgehead atoms.